The first-order valence-corrected chi connectivity index (χ1v) is 7.97. The average molecular weight is 336 g/mol. The van der Waals surface area contributed by atoms with Crippen molar-refractivity contribution in [3.63, 3.8) is 0 Å². The van der Waals surface area contributed by atoms with Gasteiger partial charge in [0, 0.05) is 11.6 Å². The standard InChI is InChI=1S/C20H20N2O3/c1-14-5-4-6-15(11-14)13-22-20(23)10-8-18(21-22)17-12-16(24-2)7-9-19(17)25-3/h4-12H,13H2,1-3H3. The second-order valence-electron chi connectivity index (χ2n) is 5.77. The van der Waals surface area contributed by atoms with Gasteiger partial charge in [-0.3, -0.25) is 4.79 Å². The van der Waals surface area contributed by atoms with E-state index in [1.165, 1.54) is 10.7 Å². The fourth-order valence-electron chi connectivity index (χ4n) is 2.70. The Morgan fingerprint density at radius 3 is 2.56 bits per heavy atom. The lowest BCUT2D eigenvalue weighted by molar-refractivity contribution is 0.404. The summed E-state index contributed by atoms with van der Waals surface area (Å²) < 4.78 is 12.2. The zero-order chi connectivity index (χ0) is 17.8. The van der Waals surface area contributed by atoms with E-state index in [0.29, 0.717) is 23.7 Å². The lowest BCUT2D eigenvalue weighted by Crippen LogP contribution is -2.22. The van der Waals surface area contributed by atoms with Crippen LogP contribution in [-0.2, 0) is 6.54 Å². The van der Waals surface area contributed by atoms with Crippen molar-refractivity contribution in [2.45, 2.75) is 13.5 Å². The van der Waals surface area contributed by atoms with Gasteiger partial charge in [0.05, 0.1) is 26.5 Å². The van der Waals surface area contributed by atoms with Crippen LogP contribution in [-0.4, -0.2) is 24.0 Å². The molecule has 0 aliphatic carbocycles. The van der Waals surface area contributed by atoms with Crippen molar-refractivity contribution in [1.29, 1.82) is 0 Å². The fraction of sp³-hybridized carbons (Fsp3) is 0.200. The average Bonchev–Trinajstić information content (AvgIpc) is 2.63. The molecule has 3 rings (SSSR count). The Labute approximate surface area is 146 Å². The molecule has 0 fully saturated rings. The van der Waals surface area contributed by atoms with E-state index in [1.807, 2.05) is 49.4 Å². The summed E-state index contributed by atoms with van der Waals surface area (Å²) in [5.41, 5.74) is 3.47. The smallest absolute Gasteiger partial charge is 0.267 e. The first-order chi connectivity index (χ1) is 12.1. The highest BCUT2D eigenvalue weighted by molar-refractivity contribution is 5.68. The molecule has 2 aromatic carbocycles. The number of ether oxygens (including phenoxy) is 2. The number of rotatable bonds is 5. The van der Waals surface area contributed by atoms with Crippen molar-refractivity contribution < 1.29 is 9.47 Å². The predicted octanol–water partition coefficient (Wildman–Crippen LogP) is 3.28. The van der Waals surface area contributed by atoms with Crippen molar-refractivity contribution in [2.75, 3.05) is 14.2 Å². The highest BCUT2D eigenvalue weighted by Gasteiger charge is 2.11. The normalized spacial score (nSPS) is 10.5. The van der Waals surface area contributed by atoms with E-state index >= 15 is 0 Å². The maximum Gasteiger partial charge on any atom is 0.267 e. The van der Waals surface area contributed by atoms with Crippen LogP contribution in [0.3, 0.4) is 0 Å². The zero-order valence-electron chi connectivity index (χ0n) is 14.5. The molecule has 5 heteroatoms. The maximum atomic E-state index is 12.2. The minimum absolute atomic E-state index is 0.146. The summed E-state index contributed by atoms with van der Waals surface area (Å²) in [6.07, 6.45) is 0. The van der Waals surface area contributed by atoms with Crippen molar-refractivity contribution in [3.05, 3.63) is 76.1 Å². The van der Waals surface area contributed by atoms with Crippen LogP contribution in [0.25, 0.3) is 11.3 Å². The van der Waals surface area contributed by atoms with Gasteiger partial charge >= 0.3 is 0 Å². The van der Waals surface area contributed by atoms with Gasteiger partial charge in [0.15, 0.2) is 0 Å². The van der Waals surface area contributed by atoms with Crippen molar-refractivity contribution in [1.82, 2.24) is 9.78 Å². The number of methoxy groups -OCH3 is 2. The molecular formula is C20H20N2O3. The summed E-state index contributed by atoms with van der Waals surface area (Å²) in [6, 6.07) is 16.8. The third-order valence-electron chi connectivity index (χ3n) is 3.96. The molecule has 3 aromatic rings. The van der Waals surface area contributed by atoms with Crippen molar-refractivity contribution in [3.8, 4) is 22.8 Å². The third kappa shape index (κ3) is 3.71. The summed E-state index contributed by atoms with van der Waals surface area (Å²) in [4.78, 5) is 12.2. The van der Waals surface area contributed by atoms with Crippen LogP contribution in [0.5, 0.6) is 11.5 Å². The molecular weight excluding hydrogens is 316 g/mol. The molecule has 1 aromatic heterocycles. The van der Waals surface area contributed by atoms with Crippen molar-refractivity contribution in [2.24, 2.45) is 0 Å². The second kappa shape index (κ2) is 7.21. The van der Waals surface area contributed by atoms with Crippen LogP contribution in [0.4, 0.5) is 0 Å². The Balaban J connectivity index is 2.04. The summed E-state index contributed by atoms with van der Waals surface area (Å²) in [7, 11) is 3.21. The second-order valence-corrected chi connectivity index (χ2v) is 5.77. The van der Waals surface area contributed by atoms with Gasteiger partial charge in [-0.15, -0.1) is 0 Å². The van der Waals surface area contributed by atoms with Gasteiger partial charge in [-0.1, -0.05) is 29.8 Å². The molecule has 0 saturated carbocycles. The zero-order valence-corrected chi connectivity index (χ0v) is 14.5. The molecule has 25 heavy (non-hydrogen) atoms. The molecule has 128 valence electrons. The molecule has 0 amide bonds. The Bertz CT molecular complexity index is 948. The number of nitrogens with zero attached hydrogens (tertiary/aromatic N) is 2. The summed E-state index contributed by atoms with van der Waals surface area (Å²) in [6.45, 7) is 2.44. The molecule has 0 bridgehead atoms. The van der Waals surface area contributed by atoms with Gasteiger partial charge in [-0.05, 0) is 36.8 Å². The highest BCUT2D eigenvalue weighted by Crippen LogP contribution is 2.31. The predicted molar refractivity (Wildman–Crippen MR) is 97.3 cm³/mol. The first kappa shape index (κ1) is 16.8. The summed E-state index contributed by atoms with van der Waals surface area (Å²) in [5.74, 6) is 1.38. The van der Waals surface area contributed by atoms with E-state index in [-0.39, 0.29) is 5.56 Å². The quantitative estimate of drug-likeness (QED) is 0.717. The molecule has 0 saturated heterocycles. The van der Waals surface area contributed by atoms with Crippen LogP contribution in [0.2, 0.25) is 0 Å². The van der Waals surface area contributed by atoms with Gasteiger partial charge in [-0.25, -0.2) is 4.68 Å². The molecule has 0 aliphatic heterocycles. The maximum absolute atomic E-state index is 12.2. The molecule has 0 spiro atoms. The number of hydrogen-bond acceptors (Lipinski definition) is 4. The third-order valence-corrected chi connectivity index (χ3v) is 3.96. The lowest BCUT2D eigenvalue weighted by atomic mass is 10.1. The van der Waals surface area contributed by atoms with Crippen LogP contribution >= 0.6 is 0 Å². The number of hydrogen-bond donors (Lipinski definition) is 0. The number of aromatic nitrogens is 2. The highest BCUT2D eigenvalue weighted by atomic mass is 16.5. The molecule has 0 aliphatic rings. The van der Waals surface area contributed by atoms with Gasteiger partial charge in [0.25, 0.3) is 5.56 Å². The Morgan fingerprint density at radius 1 is 1.00 bits per heavy atom. The van der Waals surface area contributed by atoms with E-state index in [4.69, 9.17) is 9.47 Å². The summed E-state index contributed by atoms with van der Waals surface area (Å²) in [5, 5.41) is 4.52. The minimum atomic E-state index is -0.146. The van der Waals surface area contributed by atoms with Crippen LogP contribution < -0.4 is 15.0 Å². The molecule has 0 unspecified atom stereocenters. The van der Waals surface area contributed by atoms with Gasteiger partial charge < -0.3 is 9.47 Å². The van der Waals surface area contributed by atoms with Gasteiger partial charge in [-0.2, -0.15) is 5.10 Å². The Kier molecular flexibility index (Phi) is 4.84. The summed E-state index contributed by atoms with van der Waals surface area (Å²) >= 11 is 0. The van der Waals surface area contributed by atoms with Gasteiger partial charge in [0.1, 0.15) is 11.5 Å². The molecule has 0 N–H and O–H groups in total. The van der Waals surface area contributed by atoms with Crippen LogP contribution in [0.1, 0.15) is 11.1 Å². The molecule has 0 atom stereocenters. The van der Waals surface area contributed by atoms with E-state index in [2.05, 4.69) is 5.10 Å². The Morgan fingerprint density at radius 2 is 1.84 bits per heavy atom. The number of benzene rings is 2. The Hall–Kier alpha value is -3.08. The molecule has 1 heterocycles. The first-order valence-electron chi connectivity index (χ1n) is 7.97. The van der Waals surface area contributed by atoms with E-state index < -0.39 is 0 Å². The topological polar surface area (TPSA) is 53.4 Å². The van der Waals surface area contributed by atoms with E-state index in [0.717, 1.165) is 16.7 Å². The van der Waals surface area contributed by atoms with E-state index in [1.54, 1.807) is 20.3 Å². The molecule has 5 nitrogen and oxygen atoms in total. The lowest BCUT2D eigenvalue weighted by Gasteiger charge is -2.12. The van der Waals surface area contributed by atoms with Gasteiger partial charge in [0.2, 0.25) is 0 Å². The fourth-order valence-corrected chi connectivity index (χ4v) is 2.70. The van der Waals surface area contributed by atoms with Crippen LogP contribution in [0, 0.1) is 6.92 Å². The largest absolute Gasteiger partial charge is 0.497 e. The van der Waals surface area contributed by atoms with Crippen LogP contribution in [0.15, 0.2) is 59.4 Å². The van der Waals surface area contributed by atoms with Crippen molar-refractivity contribution >= 4 is 0 Å². The SMILES string of the molecule is COc1ccc(OC)c(-c2ccc(=O)n(Cc3cccc(C)c3)n2)c1. The molecule has 0 radical (unpaired) electrons. The van der Waals surface area contributed by atoms with E-state index in [9.17, 15) is 4.79 Å². The minimum Gasteiger partial charge on any atom is -0.497 e. The monoisotopic (exact) mass is 336 g/mol. The number of aryl methyl sites for hydroxylation is 1.